The van der Waals surface area contributed by atoms with Gasteiger partial charge in [-0.25, -0.2) is 4.94 Å². The lowest BCUT2D eigenvalue weighted by Crippen LogP contribution is -2.27. The molecule has 0 bridgehead atoms. The minimum absolute atomic E-state index is 0.292. The number of unbranched alkanes of at least 4 members (excludes halogenated alkanes) is 2. The second-order valence-corrected chi connectivity index (χ2v) is 3.74. The molecule has 0 heterocycles. The first-order chi connectivity index (χ1) is 8.18. The second kappa shape index (κ2) is 17.7. The molecule has 0 saturated carbocycles. The van der Waals surface area contributed by atoms with E-state index in [0.717, 1.165) is 32.4 Å². The summed E-state index contributed by atoms with van der Waals surface area (Å²) in [5.41, 5.74) is 5.67. The maximum Gasteiger partial charge on any atom is 0.303 e. The SMILES string of the molecule is CCCC(=O)O.CCCCNONCCCC. The molecule has 0 aromatic rings. The fourth-order valence-electron chi connectivity index (χ4n) is 0.865. The van der Waals surface area contributed by atoms with Crippen LogP contribution in [-0.2, 0) is 9.73 Å². The lowest BCUT2D eigenvalue weighted by atomic mass is 10.3. The first kappa shape index (κ1) is 18.7. The molecule has 0 rings (SSSR count). The van der Waals surface area contributed by atoms with Gasteiger partial charge in [-0.1, -0.05) is 33.6 Å². The van der Waals surface area contributed by atoms with Crippen LogP contribution in [0.25, 0.3) is 0 Å². The van der Waals surface area contributed by atoms with E-state index in [4.69, 9.17) is 10.0 Å². The third-order valence-corrected chi connectivity index (χ3v) is 1.87. The van der Waals surface area contributed by atoms with Gasteiger partial charge in [0.25, 0.3) is 0 Å². The van der Waals surface area contributed by atoms with Crippen LogP contribution in [0.3, 0.4) is 0 Å². The zero-order valence-electron chi connectivity index (χ0n) is 11.4. The predicted octanol–water partition coefficient (Wildman–Crippen LogP) is 2.48. The topological polar surface area (TPSA) is 70.6 Å². The summed E-state index contributed by atoms with van der Waals surface area (Å²) in [5, 5.41) is 7.91. The van der Waals surface area contributed by atoms with Gasteiger partial charge >= 0.3 is 5.97 Å². The van der Waals surface area contributed by atoms with E-state index in [2.05, 4.69) is 24.8 Å². The van der Waals surface area contributed by atoms with Crippen molar-refractivity contribution in [2.45, 2.75) is 59.3 Å². The number of rotatable bonds is 10. The van der Waals surface area contributed by atoms with Crippen molar-refractivity contribution in [2.75, 3.05) is 13.1 Å². The number of hydroxylamine groups is 2. The van der Waals surface area contributed by atoms with Crippen molar-refractivity contribution in [1.29, 1.82) is 0 Å². The van der Waals surface area contributed by atoms with Crippen LogP contribution in [0.15, 0.2) is 0 Å². The number of carboxylic acid groups (broad SMARTS) is 1. The molecule has 0 aromatic heterocycles. The van der Waals surface area contributed by atoms with Gasteiger partial charge < -0.3 is 5.11 Å². The molecule has 17 heavy (non-hydrogen) atoms. The van der Waals surface area contributed by atoms with E-state index in [0.29, 0.717) is 6.42 Å². The summed E-state index contributed by atoms with van der Waals surface area (Å²) in [5.74, 6) is -0.711. The lowest BCUT2D eigenvalue weighted by molar-refractivity contribution is -0.137. The van der Waals surface area contributed by atoms with Gasteiger partial charge in [0.1, 0.15) is 0 Å². The molecule has 5 heteroatoms. The van der Waals surface area contributed by atoms with E-state index < -0.39 is 5.97 Å². The Morgan fingerprint density at radius 3 is 1.71 bits per heavy atom. The molecule has 0 aliphatic carbocycles. The zero-order valence-corrected chi connectivity index (χ0v) is 11.4. The molecule has 0 saturated heterocycles. The third-order valence-electron chi connectivity index (χ3n) is 1.87. The highest BCUT2D eigenvalue weighted by Crippen LogP contribution is 1.83. The lowest BCUT2D eigenvalue weighted by Gasteiger charge is -2.04. The second-order valence-electron chi connectivity index (χ2n) is 3.74. The standard InChI is InChI=1S/C8H20N2O.C4H8O2/c1-3-5-7-9-11-10-8-6-4-2;1-2-3-4(5)6/h9-10H,3-8H2,1-2H3;2-3H2,1H3,(H,5,6). The summed E-state index contributed by atoms with van der Waals surface area (Å²) < 4.78 is 0. The van der Waals surface area contributed by atoms with Crippen molar-refractivity contribution >= 4 is 5.97 Å². The van der Waals surface area contributed by atoms with Gasteiger partial charge in [0, 0.05) is 19.5 Å². The number of aliphatic carboxylic acids is 1. The first-order valence-corrected chi connectivity index (χ1v) is 6.52. The summed E-state index contributed by atoms with van der Waals surface area (Å²) in [4.78, 5) is 14.5. The van der Waals surface area contributed by atoms with E-state index in [1.807, 2.05) is 6.92 Å². The predicted molar refractivity (Wildman–Crippen MR) is 69.5 cm³/mol. The minimum Gasteiger partial charge on any atom is -0.481 e. The van der Waals surface area contributed by atoms with Crippen LogP contribution in [0.5, 0.6) is 0 Å². The summed E-state index contributed by atoms with van der Waals surface area (Å²) >= 11 is 0. The van der Waals surface area contributed by atoms with E-state index >= 15 is 0 Å². The van der Waals surface area contributed by atoms with Gasteiger partial charge in [0.05, 0.1) is 0 Å². The molecule has 0 aliphatic heterocycles. The Hall–Kier alpha value is -0.650. The highest BCUT2D eigenvalue weighted by atomic mass is 16.8. The van der Waals surface area contributed by atoms with E-state index in [1.54, 1.807) is 0 Å². The van der Waals surface area contributed by atoms with Gasteiger partial charge in [-0.05, 0) is 19.3 Å². The minimum atomic E-state index is -0.711. The van der Waals surface area contributed by atoms with Gasteiger partial charge in [-0.2, -0.15) is 11.0 Å². The number of hydrogen-bond acceptors (Lipinski definition) is 4. The van der Waals surface area contributed by atoms with Crippen molar-refractivity contribution < 1.29 is 14.8 Å². The van der Waals surface area contributed by atoms with Gasteiger partial charge in [-0.3, -0.25) is 4.79 Å². The highest BCUT2D eigenvalue weighted by molar-refractivity contribution is 5.66. The molecule has 0 unspecified atom stereocenters. The Balaban J connectivity index is 0. The fraction of sp³-hybridized carbons (Fsp3) is 0.917. The Morgan fingerprint density at radius 2 is 1.47 bits per heavy atom. The monoisotopic (exact) mass is 248 g/mol. The van der Waals surface area contributed by atoms with Gasteiger partial charge in [0.2, 0.25) is 0 Å². The maximum atomic E-state index is 9.60. The first-order valence-electron chi connectivity index (χ1n) is 6.52. The van der Waals surface area contributed by atoms with Crippen molar-refractivity contribution in [1.82, 2.24) is 11.0 Å². The molecule has 0 radical (unpaired) electrons. The number of carboxylic acids is 1. The zero-order chi connectivity index (χ0) is 13.4. The number of carbonyl (C=O) groups is 1. The number of nitrogens with one attached hydrogen (secondary N) is 2. The Morgan fingerprint density at radius 1 is 1.00 bits per heavy atom. The summed E-state index contributed by atoms with van der Waals surface area (Å²) in [6.07, 6.45) is 5.75. The van der Waals surface area contributed by atoms with Crippen LogP contribution in [0.1, 0.15) is 59.3 Å². The Bertz CT molecular complexity index is 147. The molecule has 0 spiro atoms. The smallest absolute Gasteiger partial charge is 0.303 e. The Kier molecular flexibility index (Phi) is 19.5. The molecule has 0 fully saturated rings. The maximum absolute atomic E-state index is 9.60. The van der Waals surface area contributed by atoms with Crippen molar-refractivity contribution in [3.8, 4) is 0 Å². The molecule has 0 amide bonds. The van der Waals surface area contributed by atoms with Gasteiger partial charge in [0.15, 0.2) is 0 Å². The average Bonchev–Trinajstić information content (AvgIpc) is 2.29. The molecule has 0 aromatic carbocycles. The molecule has 0 atom stereocenters. The van der Waals surface area contributed by atoms with Crippen LogP contribution in [0.2, 0.25) is 0 Å². The fourth-order valence-corrected chi connectivity index (χ4v) is 0.865. The largest absolute Gasteiger partial charge is 0.481 e. The van der Waals surface area contributed by atoms with Crippen molar-refractivity contribution in [3.05, 3.63) is 0 Å². The van der Waals surface area contributed by atoms with E-state index in [9.17, 15) is 4.79 Å². The van der Waals surface area contributed by atoms with Crippen molar-refractivity contribution in [2.24, 2.45) is 0 Å². The highest BCUT2D eigenvalue weighted by Gasteiger charge is 1.87. The number of hydrogen-bond donors (Lipinski definition) is 3. The van der Waals surface area contributed by atoms with E-state index in [1.165, 1.54) is 12.8 Å². The Labute approximate surface area is 105 Å². The third kappa shape index (κ3) is 25.5. The molecule has 3 N–H and O–H groups in total. The average molecular weight is 248 g/mol. The van der Waals surface area contributed by atoms with Crippen LogP contribution < -0.4 is 11.0 Å². The normalized spacial score (nSPS) is 9.59. The van der Waals surface area contributed by atoms with Crippen LogP contribution in [0, 0.1) is 0 Å². The van der Waals surface area contributed by atoms with Crippen LogP contribution in [-0.4, -0.2) is 24.2 Å². The molecule has 5 nitrogen and oxygen atoms in total. The molecule has 0 aliphatic rings. The summed E-state index contributed by atoms with van der Waals surface area (Å²) in [7, 11) is 0. The molecular weight excluding hydrogens is 220 g/mol. The van der Waals surface area contributed by atoms with E-state index in [-0.39, 0.29) is 0 Å². The van der Waals surface area contributed by atoms with Crippen LogP contribution in [0.4, 0.5) is 0 Å². The van der Waals surface area contributed by atoms with Crippen molar-refractivity contribution in [3.63, 3.8) is 0 Å². The quantitative estimate of drug-likeness (QED) is 0.409. The summed E-state index contributed by atoms with van der Waals surface area (Å²) in [6, 6.07) is 0. The van der Waals surface area contributed by atoms with Crippen LogP contribution >= 0.6 is 0 Å². The van der Waals surface area contributed by atoms with Gasteiger partial charge in [-0.15, -0.1) is 0 Å². The molecular formula is C12H28N2O3. The molecule has 104 valence electrons. The summed E-state index contributed by atoms with van der Waals surface area (Å²) in [6.45, 7) is 8.01.